The van der Waals surface area contributed by atoms with Crippen molar-refractivity contribution in [1.82, 2.24) is 19.7 Å². The molecule has 0 bridgehead atoms. The predicted octanol–water partition coefficient (Wildman–Crippen LogP) is 2.56. The topological polar surface area (TPSA) is 35.8 Å². The minimum atomic E-state index is 0.614. The molecule has 0 aromatic carbocycles. The lowest BCUT2D eigenvalue weighted by atomic mass is 10.0. The first-order valence-corrected chi connectivity index (χ1v) is 8.89. The second kappa shape index (κ2) is 8.60. The van der Waals surface area contributed by atoms with Gasteiger partial charge in [-0.05, 0) is 32.0 Å². The molecule has 130 valence electrons. The van der Waals surface area contributed by atoms with Gasteiger partial charge in [0.15, 0.2) is 5.96 Å². The average Bonchev–Trinajstić information content (AvgIpc) is 2.85. The Balaban J connectivity index is 1.90. The van der Waals surface area contributed by atoms with Crippen LogP contribution >= 0.6 is 11.6 Å². The molecular weight excluding hydrogens is 310 g/mol. The molecule has 1 unspecified atom stereocenters. The van der Waals surface area contributed by atoms with E-state index in [1.807, 2.05) is 26.4 Å². The van der Waals surface area contributed by atoms with E-state index in [1.165, 1.54) is 31.5 Å². The van der Waals surface area contributed by atoms with Gasteiger partial charge in [-0.15, -0.1) is 0 Å². The largest absolute Gasteiger partial charge is 0.355 e. The van der Waals surface area contributed by atoms with Crippen molar-refractivity contribution in [3.63, 3.8) is 0 Å². The van der Waals surface area contributed by atoms with Crippen molar-refractivity contribution in [2.45, 2.75) is 38.8 Å². The van der Waals surface area contributed by atoms with E-state index < -0.39 is 0 Å². The molecule has 1 N–H and O–H groups in total. The Hall–Kier alpha value is -1.20. The highest BCUT2D eigenvalue weighted by Crippen LogP contribution is 2.16. The summed E-state index contributed by atoms with van der Waals surface area (Å²) in [6.07, 6.45) is 5.86. The third kappa shape index (κ3) is 4.88. The summed E-state index contributed by atoms with van der Waals surface area (Å²) in [6.45, 7) is 6.34. The first-order chi connectivity index (χ1) is 11.0. The normalized spacial score (nSPS) is 19.9. The van der Waals surface area contributed by atoms with Crippen molar-refractivity contribution in [3.8, 4) is 0 Å². The van der Waals surface area contributed by atoms with Gasteiger partial charge >= 0.3 is 0 Å². The molecule has 23 heavy (non-hydrogen) atoms. The number of piperidine rings is 1. The molecule has 2 rings (SSSR count). The fourth-order valence-electron chi connectivity index (χ4n) is 3.34. The Kier molecular flexibility index (Phi) is 6.78. The second-order valence-electron chi connectivity index (χ2n) is 6.32. The van der Waals surface area contributed by atoms with Crippen molar-refractivity contribution in [1.29, 1.82) is 0 Å². The lowest BCUT2D eigenvalue weighted by molar-refractivity contribution is 0.156. The fourth-order valence-corrected chi connectivity index (χ4v) is 3.61. The third-order valence-electron chi connectivity index (χ3n) is 4.70. The number of likely N-dealkylation sites (tertiary alicyclic amines) is 1. The van der Waals surface area contributed by atoms with Crippen LogP contribution in [0.15, 0.2) is 17.3 Å². The van der Waals surface area contributed by atoms with E-state index in [4.69, 9.17) is 11.6 Å². The Morgan fingerprint density at radius 1 is 1.48 bits per heavy atom. The molecule has 1 aliphatic heterocycles. The van der Waals surface area contributed by atoms with E-state index in [-0.39, 0.29) is 0 Å². The molecule has 0 amide bonds. The van der Waals surface area contributed by atoms with E-state index in [0.29, 0.717) is 6.04 Å². The first-order valence-electron chi connectivity index (χ1n) is 8.51. The number of aromatic nitrogens is 1. The lowest BCUT2D eigenvalue weighted by Crippen LogP contribution is -2.49. The van der Waals surface area contributed by atoms with Gasteiger partial charge in [0, 0.05) is 45.6 Å². The quantitative estimate of drug-likeness (QED) is 0.661. The monoisotopic (exact) mass is 339 g/mol. The highest BCUT2D eigenvalue weighted by Gasteiger charge is 2.21. The maximum absolute atomic E-state index is 6.07. The molecule has 0 spiro atoms. The Morgan fingerprint density at radius 2 is 2.26 bits per heavy atom. The smallest absolute Gasteiger partial charge is 0.193 e. The highest BCUT2D eigenvalue weighted by atomic mass is 35.5. The van der Waals surface area contributed by atoms with Gasteiger partial charge < -0.3 is 14.8 Å². The molecule has 0 aliphatic carbocycles. The van der Waals surface area contributed by atoms with Crippen LogP contribution in [-0.4, -0.2) is 60.1 Å². The zero-order valence-electron chi connectivity index (χ0n) is 14.8. The number of nitrogens with zero attached hydrogens (tertiary/aromatic N) is 4. The number of guanidine groups is 1. The maximum atomic E-state index is 6.07. The summed E-state index contributed by atoms with van der Waals surface area (Å²) in [7, 11) is 5.93. The maximum Gasteiger partial charge on any atom is 0.193 e. The Bertz CT molecular complexity index is 525. The summed E-state index contributed by atoms with van der Waals surface area (Å²) in [6, 6.07) is 2.62. The lowest BCUT2D eigenvalue weighted by Gasteiger charge is -2.35. The number of aliphatic imine (C=N–C) groups is 1. The van der Waals surface area contributed by atoms with Crippen LogP contribution in [0.25, 0.3) is 0 Å². The zero-order chi connectivity index (χ0) is 16.8. The molecular formula is C17H30ClN5. The van der Waals surface area contributed by atoms with E-state index in [2.05, 4.69) is 38.6 Å². The van der Waals surface area contributed by atoms with Crippen LogP contribution in [0.4, 0.5) is 0 Å². The van der Waals surface area contributed by atoms with Crippen molar-refractivity contribution in [2.75, 3.05) is 33.7 Å². The molecule has 1 fully saturated rings. The molecule has 0 radical (unpaired) electrons. The molecule has 1 saturated heterocycles. The number of nitrogens with one attached hydrogen (secondary N) is 1. The molecule has 5 nitrogen and oxygen atoms in total. The number of hydrogen-bond donors (Lipinski definition) is 1. The summed E-state index contributed by atoms with van der Waals surface area (Å²) in [5, 5.41) is 4.32. The van der Waals surface area contributed by atoms with Crippen LogP contribution < -0.4 is 5.32 Å². The van der Waals surface area contributed by atoms with Crippen LogP contribution in [0.3, 0.4) is 0 Å². The Morgan fingerprint density at radius 3 is 2.87 bits per heavy atom. The van der Waals surface area contributed by atoms with E-state index in [9.17, 15) is 0 Å². The average molecular weight is 340 g/mol. The van der Waals surface area contributed by atoms with Gasteiger partial charge in [0.2, 0.25) is 0 Å². The van der Waals surface area contributed by atoms with Gasteiger partial charge in [-0.2, -0.15) is 0 Å². The number of hydrogen-bond acceptors (Lipinski definition) is 2. The summed E-state index contributed by atoms with van der Waals surface area (Å²) >= 11 is 6.07. The van der Waals surface area contributed by atoms with Gasteiger partial charge in [-0.25, -0.2) is 0 Å². The van der Waals surface area contributed by atoms with Crippen LogP contribution in [-0.2, 0) is 13.6 Å². The number of aryl methyl sites for hydroxylation is 1. The van der Waals surface area contributed by atoms with E-state index >= 15 is 0 Å². The van der Waals surface area contributed by atoms with Gasteiger partial charge in [0.05, 0.1) is 11.6 Å². The minimum Gasteiger partial charge on any atom is -0.355 e. The predicted molar refractivity (Wildman–Crippen MR) is 98.1 cm³/mol. The molecule has 1 aromatic rings. The van der Waals surface area contributed by atoms with Crippen LogP contribution in [0.1, 0.15) is 31.9 Å². The first kappa shape index (κ1) is 18.1. The van der Waals surface area contributed by atoms with Gasteiger partial charge in [0.25, 0.3) is 0 Å². The number of halogens is 1. The third-order valence-corrected chi connectivity index (χ3v) is 4.90. The SMILES string of the molecule is CCN1CCCCC1CNC(=NC)N(C)Cc1cc(Cl)cn1C. The van der Waals surface area contributed by atoms with Crippen LogP contribution in [0.2, 0.25) is 5.02 Å². The van der Waals surface area contributed by atoms with Gasteiger partial charge in [-0.1, -0.05) is 24.9 Å². The summed E-state index contributed by atoms with van der Waals surface area (Å²) in [5.41, 5.74) is 1.17. The summed E-state index contributed by atoms with van der Waals surface area (Å²) < 4.78 is 2.06. The molecule has 2 heterocycles. The summed E-state index contributed by atoms with van der Waals surface area (Å²) in [4.78, 5) is 9.14. The molecule has 0 saturated carbocycles. The van der Waals surface area contributed by atoms with Crippen molar-refractivity contribution >= 4 is 17.6 Å². The molecule has 6 heteroatoms. The van der Waals surface area contributed by atoms with Crippen molar-refractivity contribution < 1.29 is 0 Å². The van der Waals surface area contributed by atoms with E-state index in [0.717, 1.165) is 30.6 Å². The number of rotatable bonds is 5. The van der Waals surface area contributed by atoms with Gasteiger partial charge in [-0.3, -0.25) is 9.89 Å². The zero-order valence-corrected chi connectivity index (χ0v) is 15.6. The standard InChI is InChI=1S/C17H30ClN5/c1-5-23-9-7-6-8-15(23)11-20-17(19-2)22(4)13-16-10-14(18)12-21(16)3/h10,12,15H,5-9,11,13H2,1-4H3,(H,19,20). The summed E-state index contributed by atoms with van der Waals surface area (Å²) in [5.74, 6) is 0.934. The highest BCUT2D eigenvalue weighted by molar-refractivity contribution is 6.30. The second-order valence-corrected chi connectivity index (χ2v) is 6.76. The van der Waals surface area contributed by atoms with Crippen molar-refractivity contribution in [2.24, 2.45) is 12.0 Å². The number of likely N-dealkylation sites (N-methyl/N-ethyl adjacent to an activating group) is 1. The van der Waals surface area contributed by atoms with Gasteiger partial charge in [0.1, 0.15) is 0 Å². The molecule has 1 aliphatic rings. The minimum absolute atomic E-state index is 0.614. The molecule has 1 aromatic heterocycles. The van der Waals surface area contributed by atoms with Crippen LogP contribution in [0.5, 0.6) is 0 Å². The Labute approximate surface area is 145 Å². The fraction of sp³-hybridized carbons (Fsp3) is 0.706. The molecule has 1 atom stereocenters. The van der Waals surface area contributed by atoms with Crippen molar-refractivity contribution in [3.05, 3.63) is 23.0 Å². The van der Waals surface area contributed by atoms with E-state index in [1.54, 1.807) is 0 Å². The van der Waals surface area contributed by atoms with Crippen LogP contribution in [0, 0.1) is 0 Å².